The van der Waals surface area contributed by atoms with E-state index in [2.05, 4.69) is 15.2 Å². The van der Waals surface area contributed by atoms with Gasteiger partial charge in [0.2, 0.25) is 5.60 Å². The number of esters is 3. The highest BCUT2D eigenvalue weighted by molar-refractivity contribution is 7.52. The van der Waals surface area contributed by atoms with Gasteiger partial charge in [0.05, 0.1) is 24.1 Å². The number of nitrogens with two attached hydrogens (primary N) is 2. The number of ether oxygens (including phenoxy) is 4. The molecular weight excluding hydrogens is 721 g/mol. The van der Waals surface area contributed by atoms with Crippen LogP contribution in [-0.2, 0) is 42.4 Å². The summed E-state index contributed by atoms with van der Waals surface area (Å²) in [7, 11) is -3.45. The van der Waals surface area contributed by atoms with Crippen LogP contribution in [0.1, 0.15) is 72.1 Å². The molecule has 3 aromatic rings. The first-order valence-corrected chi connectivity index (χ1v) is 19.3. The number of carbonyl (C=O) groups excluding carboxylic acids is 3. The van der Waals surface area contributed by atoms with Crippen molar-refractivity contribution in [2.45, 2.75) is 90.2 Å². The SMILES string of the molecule is CO[C@](C#N)(COP(=O)(N[C@@H](C)C(=O)OCC1CCC(N)CC1)Oc1ccccc1)[C@@H](OC(=O)C(C)C)[C@@H](OC(=O)C(C)C)c1ccc2c(N)ncnn12. The molecule has 0 saturated heterocycles. The lowest BCUT2D eigenvalue weighted by Crippen LogP contribution is -2.54. The maximum atomic E-state index is 14.6. The van der Waals surface area contributed by atoms with Gasteiger partial charge in [-0.2, -0.15) is 15.4 Å². The lowest BCUT2D eigenvalue weighted by Gasteiger charge is -2.38. The number of methoxy groups -OCH3 is 1. The number of fused-ring (bicyclic) bond motifs is 1. The van der Waals surface area contributed by atoms with E-state index >= 15 is 0 Å². The third kappa shape index (κ3) is 10.5. The molecule has 1 saturated carbocycles. The van der Waals surface area contributed by atoms with Gasteiger partial charge in [-0.05, 0) is 62.8 Å². The number of nitriles is 1. The summed E-state index contributed by atoms with van der Waals surface area (Å²) >= 11 is 0. The molecule has 0 spiro atoms. The van der Waals surface area contributed by atoms with Crippen LogP contribution in [0.15, 0.2) is 48.8 Å². The van der Waals surface area contributed by atoms with Crippen LogP contribution in [0.5, 0.6) is 5.75 Å². The lowest BCUT2D eigenvalue weighted by atomic mass is 9.87. The predicted octanol–water partition coefficient (Wildman–Crippen LogP) is 4.27. The average molecular weight is 772 g/mol. The quantitative estimate of drug-likeness (QED) is 0.0929. The van der Waals surface area contributed by atoms with E-state index in [9.17, 15) is 24.2 Å². The van der Waals surface area contributed by atoms with Crippen molar-refractivity contribution >= 4 is 37.0 Å². The minimum atomic E-state index is -4.60. The fourth-order valence-corrected chi connectivity index (χ4v) is 7.17. The largest absolute Gasteiger partial charge is 0.464 e. The molecule has 5 N–H and O–H groups in total. The summed E-state index contributed by atoms with van der Waals surface area (Å²) in [5.74, 6) is -3.22. The normalized spacial score (nSPS) is 19.9. The number of nitrogens with zero attached hydrogens (tertiary/aromatic N) is 4. The molecule has 0 aliphatic heterocycles. The molecule has 0 bridgehead atoms. The van der Waals surface area contributed by atoms with Gasteiger partial charge in [-0.25, -0.2) is 14.1 Å². The van der Waals surface area contributed by atoms with Gasteiger partial charge in [-0.3, -0.25) is 18.9 Å². The molecule has 1 fully saturated rings. The second-order valence-corrected chi connectivity index (χ2v) is 15.6. The zero-order valence-corrected chi connectivity index (χ0v) is 32.3. The molecule has 17 nitrogen and oxygen atoms in total. The van der Waals surface area contributed by atoms with Crippen molar-refractivity contribution in [1.29, 1.82) is 5.26 Å². The minimum Gasteiger partial charge on any atom is -0.464 e. The molecule has 1 aliphatic carbocycles. The number of benzene rings is 1. The van der Waals surface area contributed by atoms with Crippen LogP contribution in [0.2, 0.25) is 0 Å². The first-order valence-electron chi connectivity index (χ1n) is 17.8. The van der Waals surface area contributed by atoms with Crippen molar-refractivity contribution in [2.24, 2.45) is 23.5 Å². The lowest BCUT2D eigenvalue weighted by molar-refractivity contribution is -0.197. The van der Waals surface area contributed by atoms with E-state index in [1.807, 2.05) is 6.07 Å². The minimum absolute atomic E-state index is 0.100. The van der Waals surface area contributed by atoms with Crippen molar-refractivity contribution in [3.05, 3.63) is 54.5 Å². The molecule has 4 rings (SSSR count). The van der Waals surface area contributed by atoms with Crippen molar-refractivity contribution < 1.29 is 46.9 Å². The molecule has 1 aromatic carbocycles. The summed E-state index contributed by atoms with van der Waals surface area (Å²) in [5, 5.41) is 17.7. The summed E-state index contributed by atoms with van der Waals surface area (Å²) in [6.07, 6.45) is 1.15. The molecule has 294 valence electrons. The Morgan fingerprint density at radius 3 is 2.26 bits per heavy atom. The van der Waals surface area contributed by atoms with Gasteiger partial charge in [0.15, 0.2) is 18.0 Å². The molecule has 18 heteroatoms. The molecule has 0 radical (unpaired) electrons. The van der Waals surface area contributed by atoms with Gasteiger partial charge < -0.3 is 34.9 Å². The number of hydrogen-bond acceptors (Lipinski definition) is 15. The summed E-state index contributed by atoms with van der Waals surface area (Å²) in [5.41, 5.74) is 10.2. The molecule has 54 heavy (non-hydrogen) atoms. The Labute approximate surface area is 314 Å². The number of nitrogen functional groups attached to an aromatic ring is 1. The van der Waals surface area contributed by atoms with Crippen LogP contribution in [0.25, 0.3) is 5.52 Å². The van der Waals surface area contributed by atoms with Crippen LogP contribution in [0.4, 0.5) is 5.82 Å². The fraction of sp³-hybridized carbons (Fsp3) is 0.556. The van der Waals surface area contributed by atoms with Crippen LogP contribution in [-0.4, -0.2) is 76.6 Å². The Hall–Kier alpha value is -4.59. The summed E-state index contributed by atoms with van der Waals surface area (Å²) < 4.78 is 50.9. The molecular formula is C36H50N7O10P. The van der Waals surface area contributed by atoms with Gasteiger partial charge in [-0.15, -0.1) is 0 Å². The van der Waals surface area contributed by atoms with E-state index < -0.39 is 67.9 Å². The van der Waals surface area contributed by atoms with Gasteiger partial charge in [0.1, 0.15) is 36.3 Å². The Morgan fingerprint density at radius 2 is 1.65 bits per heavy atom. The van der Waals surface area contributed by atoms with E-state index in [4.69, 9.17) is 39.5 Å². The van der Waals surface area contributed by atoms with Gasteiger partial charge in [0, 0.05) is 13.2 Å². The number of carbonyl (C=O) groups is 3. The molecule has 5 atom stereocenters. The van der Waals surface area contributed by atoms with Crippen molar-refractivity contribution in [3.63, 3.8) is 0 Å². The number of rotatable bonds is 18. The van der Waals surface area contributed by atoms with Crippen molar-refractivity contribution in [1.82, 2.24) is 19.7 Å². The number of para-hydroxylation sites is 1. The Balaban J connectivity index is 1.72. The third-order valence-corrected chi connectivity index (χ3v) is 10.6. The maximum absolute atomic E-state index is 14.6. The second-order valence-electron chi connectivity index (χ2n) is 13.9. The number of aromatic nitrogens is 3. The van der Waals surface area contributed by atoms with Crippen LogP contribution >= 0.6 is 7.75 Å². The highest BCUT2D eigenvalue weighted by atomic mass is 31.2. The van der Waals surface area contributed by atoms with Gasteiger partial charge in [-0.1, -0.05) is 45.9 Å². The number of anilines is 1. The maximum Gasteiger partial charge on any atom is 0.459 e. The number of hydrogen-bond donors (Lipinski definition) is 3. The van der Waals surface area contributed by atoms with Crippen LogP contribution < -0.4 is 21.1 Å². The van der Waals surface area contributed by atoms with Gasteiger partial charge >= 0.3 is 25.7 Å². The smallest absolute Gasteiger partial charge is 0.459 e. The molecule has 2 heterocycles. The van der Waals surface area contributed by atoms with E-state index in [1.54, 1.807) is 52.0 Å². The van der Waals surface area contributed by atoms with Crippen molar-refractivity contribution in [2.75, 3.05) is 26.1 Å². The fourth-order valence-electron chi connectivity index (χ4n) is 5.65. The molecule has 1 aliphatic rings. The molecule has 2 aromatic heterocycles. The first-order chi connectivity index (χ1) is 25.6. The van der Waals surface area contributed by atoms with E-state index in [0.29, 0.717) is 5.52 Å². The standard InChI is InChI=1S/C36H50N7O10P/c1-22(2)33(44)51-30(28-16-17-29-32(39)40-21-41-43(28)29)31(52-34(45)23(3)4)36(19-37,48-6)20-50-54(47,53-27-10-8-7-9-11-27)42-24(5)35(46)49-18-25-12-14-26(38)15-13-25/h7-11,16-17,21-26,30-31H,12-15,18,20,38H2,1-6H3,(H,42,47)(H2,39,40,41)/t24-,25?,26?,30-,31-,36+,54?/m0/s1. The Bertz CT molecular complexity index is 1830. The zero-order chi connectivity index (χ0) is 39.6. The zero-order valence-electron chi connectivity index (χ0n) is 31.4. The van der Waals surface area contributed by atoms with Crippen LogP contribution in [0, 0.1) is 29.1 Å². The second kappa shape index (κ2) is 18.6. The van der Waals surface area contributed by atoms with E-state index in [1.165, 1.54) is 36.0 Å². The molecule has 0 amide bonds. The summed E-state index contributed by atoms with van der Waals surface area (Å²) in [4.78, 5) is 43.7. The Kier molecular flexibility index (Phi) is 14.5. The topological polar surface area (TPSA) is 242 Å². The molecule has 1 unspecified atom stereocenters. The summed E-state index contributed by atoms with van der Waals surface area (Å²) in [6.45, 7) is 7.03. The number of nitrogens with one attached hydrogen (secondary N) is 1. The summed E-state index contributed by atoms with van der Waals surface area (Å²) in [6, 6.07) is 12.0. The van der Waals surface area contributed by atoms with Gasteiger partial charge in [0.25, 0.3) is 0 Å². The highest BCUT2D eigenvalue weighted by Gasteiger charge is 2.53. The third-order valence-electron chi connectivity index (χ3n) is 9.00. The van der Waals surface area contributed by atoms with E-state index in [-0.39, 0.29) is 35.8 Å². The Morgan fingerprint density at radius 1 is 1.00 bits per heavy atom. The first kappa shape index (κ1) is 42.2. The van der Waals surface area contributed by atoms with Crippen molar-refractivity contribution in [3.8, 4) is 11.8 Å². The van der Waals surface area contributed by atoms with E-state index in [0.717, 1.165) is 32.8 Å². The monoisotopic (exact) mass is 771 g/mol. The van der Waals surface area contributed by atoms with Crippen LogP contribution in [0.3, 0.4) is 0 Å². The average Bonchev–Trinajstić information content (AvgIpc) is 3.59. The highest BCUT2D eigenvalue weighted by Crippen LogP contribution is 2.47. The predicted molar refractivity (Wildman–Crippen MR) is 195 cm³/mol.